The molecular formula is C23H22N2O4S. The summed E-state index contributed by atoms with van der Waals surface area (Å²) in [6, 6.07) is 14.6. The maximum atomic E-state index is 13.2. The van der Waals surface area contributed by atoms with Gasteiger partial charge in [0.2, 0.25) is 5.91 Å². The van der Waals surface area contributed by atoms with Crippen LogP contribution in [0.25, 0.3) is 0 Å². The molecule has 0 aliphatic carbocycles. The van der Waals surface area contributed by atoms with Crippen LogP contribution in [0.5, 0.6) is 11.5 Å². The molecule has 7 heteroatoms. The number of aliphatic hydroxyl groups is 1. The van der Waals surface area contributed by atoms with Gasteiger partial charge in [-0.15, -0.1) is 11.8 Å². The Hall–Kier alpha value is -2.95. The minimum absolute atomic E-state index is 0.0134. The highest BCUT2D eigenvalue weighted by molar-refractivity contribution is 8.03. The third kappa shape index (κ3) is 3.22. The molecule has 154 valence electrons. The van der Waals surface area contributed by atoms with E-state index in [1.54, 1.807) is 12.1 Å². The van der Waals surface area contributed by atoms with Crippen molar-refractivity contribution in [3.05, 3.63) is 69.8 Å². The number of nitrogens with zero attached hydrogens (tertiary/aromatic N) is 2. The number of thioether (sulfide) groups is 1. The molecule has 0 radical (unpaired) electrons. The number of aromatic hydroxyl groups is 1. The van der Waals surface area contributed by atoms with E-state index in [2.05, 4.69) is 6.07 Å². The Morgan fingerprint density at radius 1 is 1.30 bits per heavy atom. The Morgan fingerprint density at radius 3 is 2.70 bits per heavy atom. The van der Waals surface area contributed by atoms with Crippen LogP contribution < -0.4 is 4.74 Å². The largest absolute Gasteiger partial charge is 0.504 e. The lowest BCUT2D eigenvalue weighted by atomic mass is 9.85. The molecule has 4 rings (SSSR count). The molecule has 0 unspecified atom stereocenters. The molecular weight excluding hydrogens is 400 g/mol. The predicted octanol–water partition coefficient (Wildman–Crippen LogP) is 3.74. The SMILES string of the molecule is CCOc1cc([C@@H]2CC(=O)N3C(=C2C#N)SC[C@]3(O)c2ccc(C)cc2)ccc1O. The highest BCUT2D eigenvalue weighted by Gasteiger charge is 2.51. The average molecular weight is 423 g/mol. The molecule has 2 aromatic rings. The minimum Gasteiger partial charge on any atom is -0.504 e. The number of hydrogen-bond donors (Lipinski definition) is 2. The number of aryl methyl sites for hydroxylation is 1. The first-order chi connectivity index (χ1) is 14.4. The third-order valence-electron chi connectivity index (χ3n) is 5.51. The second-order valence-corrected chi connectivity index (χ2v) is 8.41. The van der Waals surface area contributed by atoms with Gasteiger partial charge in [0, 0.05) is 17.9 Å². The van der Waals surface area contributed by atoms with Crippen molar-refractivity contribution in [2.75, 3.05) is 12.4 Å². The summed E-state index contributed by atoms with van der Waals surface area (Å²) in [5, 5.41) is 31.8. The molecule has 0 spiro atoms. The second-order valence-electron chi connectivity index (χ2n) is 7.45. The van der Waals surface area contributed by atoms with Crippen LogP contribution in [0.4, 0.5) is 0 Å². The number of benzene rings is 2. The molecule has 0 aromatic heterocycles. The summed E-state index contributed by atoms with van der Waals surface area (Å²) < 4.78 is 5.46. The van der Waals surface area contributed by atoms with E-state index in [1.165, 1.54) is 22.7 Å². The second kappa shape index (κ2) is 7.71. The molecule has 6 nitrogen and oxygen atoms in total. The standard InChI is InChI=1S/C23H22N2O4S/c1-3-29-20-10-15(6-9-19(20)26)17-11-21(27)25-22(18(17)12-24)30-13-23(25,28)16-7-4-14(2)5-8-16/h4-10,17,26,28H,3,11,13H2,1-2H3/t17-,23-/m0/s1. The smallest absolute Gasteiger partial charge is 0.231 e. The highest BCUT2D eigenvalue weighted by Crippen LogP contribution is 2.52. The van der Waals surface area contributed by atoms with Gasteiger partial charge in [0.15, 0.2) is 17.2 Å². The Balaban J connectivity index is 1.78. The monoisotopic (exact) mass is 422 g/mol. The number of rotatable bonds is 4. The lowest BCUT2D eigenvalue weighted by Gasteiger charge is -2.38. The number of phenols is 1. The van der Waals surface area contributed by atoms with Gasteiger partial charge in [0.1, 0.15) is 0 Å². The zero-order valence-corrected chi connectivity index (χ0v) is 17.6. The van der Waals surface area contributed by atoms with E-state index in [4.69, 9.17) is 4.74 Å². The van der Waals surface area contributed by atoms with E-state index < -0.39 is 11.6 Å². The Morgan fingerprint density at radius 2 is 2.03 bits per heavy atom. The summed E-state index contributed by atoms with van der Waals surface area (Å²) in [5.41, 5.74) is 1.37. The summed E-state index contributed by atoms with van der Waals surface area (Å²) in [6.45, 7) is 4.17. The van der Waals surface area contributed by atoms with Gasteiger partial charge in [-0.05, 0) is 31.5 Å². The van der Waals surface area contributed by atoms with E-state index in [1.807, 2.05) is 38.1 Å². The van der Waals surface area contributed by atoms with Gasteiger partial charge in [-0.25, -0.2) is 0 Å². The van der Waals surface area contributed by atoms with Gasteiger partial charge in [-0.2, -0.15) is 5.26 Å². The van der Waals surface area contributed by atoms with Crippen LogP contribution in [0.1, 0.15) is 36.0 Å². The van der Waals surface area contributed by atoms with E-state index in [-0.39, 0.29) is 23.8 Å². The summed E-state index contributed by atoms with van der Waals surface area (Å²) in [4.78, 5) is 14.6. The van der Waals surface area contributed by atoms with Crippen molar-refractivity contribution in [3.63, 3.8) is 0 Å². The number of allylic oxidation sites excluding steroid dienone is 1. The Bertz CT molecular complexity index is 1070. The Kier molecular flexibility index (Phi) is 5.22. The zero-order valence-electron chi connectivity index (χ0n) is 16.8. The van der Waals surface area contributed by atoms with Crippen LogP contribution in [-0.4, -0.2) is 33.4 Å². The average Bonchev–Trinajstić information content (AvgIpc) is 3.09. The molecule has 2 heterocycles. The molecule has 2 N–H and O–H groups in total. The van der Waals surface area contributed by atoms with E-state index in [0.29, 0.717) is 28.5 Å². The third-order valence-corrected chi connectivity index (χ3v) is 6.73. The summed E-state index contributed by atoms with van der Waals surface area (Å²) >= 11 is 1.32. The normalized spacial score (nSPS) is 23.3. The fourth-order valence-electron chi connectivity index (χ4n) is 3.96. The van der Waals surface area contributed by atoms with Crippen LogP contribution >= 0.6 is 11.8 Å². The quantitative estimate of drug-likeness (QED) is 0.780. The van der Waals surface area contributed by atoms with Crippen LogP contribution in [-0.2, 0) is 10.5 Å². The lowest BCUT2D eigenvalue weighted by molar-refractivity contribution is -0.149. The van der Waals surface area contributed by atoms with Crippen LogP contribution in [0.2, 0.25) is 0 Å². The highest BCUT2D eigenvalue weighted by atomic mass is 32.2. The zero-order chi connectivity index (χ0) is 21.5. The van der Waals surface area contributed by atoms with Crippen LogP contribution in [0.15, 0.2) is 53.1 Å². The van der Waals surface area contributed by atoms with Gasteiger partial charge in [0.05, 0.1) is 29.0 Å². The first kappa shape index (κ1) is 20.3. The van der Waals surface area contributed by atoms with Crippen molar-refractivity contribution in [1.82, 2.24) is 4.90 Å². The number of phenolic OH excluding ortho intramolecular Hbond substituents is 1. The maximum absolute atomic E-state index is 13.2. The van der Waals surface area contributed by atoms with Crippen molar-refractivity contribution < 1.29 is 19.7 Å². The molecule has 0 bridgehead atoms. The van der Waals surface area contributed by atoms with Gasteiger partial charge >= 0.3 is 0 Å². The van der Waals surface area contributed by atoms with Gasteiger partial charge in [0.25, 0.3) is 0 Å². The van der Waals surface area contributed by atoms with E-state index in [0.717, 1.165) is 11.1 Å². The van der Waals surface area contributed by atoms with Gasteiger partial charge in [-0.3, -0.25) is 9.69 Å². The van der Waals surface area contributed by atoms with E-state index in [9.17, 15) is 20.3 Å². The number of carbonyl (C=O) groups excluding carboxylic acids is 1. The molecule has 2 aliphatic rings. The predicted molar refractivity (Wildman–Crippen MR) is 114 cm³/mol. The fraction of sp³-hybridized carbons (Fsp3) is 0.304. The molecule has 1 saturated heterocycles. The number of carbonyl (C=O) groups is 1. The molecule has 0 saturated carbocycles. The number of nitriles is 1. The number of fused-ring (bicyclic) bond motifs is 1. The Labute approximate surface area is 179 Å². The van der Waals surface area contributed by atoms with Gasteiger partial charge < -0.3 is 14.9 Å². The lowest BCUT2D eigenvalue weighted by Crippen LogP contribution is -2.48. The minimum atomic E-state index is -1.48. The van der Waals surface area contributed by atoms with Crippen LogP contribution in [0.3, 0.4) is 0 Å². The van der Waals surface area contributed by atoms with Crippen molar-refractivity contribution >= 4 is 17.7 Å². The maximum Gasteiger partial charge on any atom is 0.231 e. The fourth-order valence-corrected chi connectivity index (χ4v) is 5.32. The van der Waals surface area contributed by atoms with Gasteiger partial charge in [-0.1, -0.05) is 35.9 Å². The summed E-state index contributed by atoms with van der Waals surface area (Å²) in [7, 11) is 0. The van der Waals surface area contributed by atoms with E-state index >= 15 is 0 Å². The van der Waals surface area contributed by atoms with Crippen molar-refractivity contribution in [3.8, 4) is 17.6 Å². The molecule has 30 heavy (non-hydrogen) atoms. The number of hydrogen-bond acceptors (Lipinski definition) is 6. The molecule has 2 aromatic carbocycles. The molecule has 2 aliphatic heterocycles. The topological polar surface area (TPSA) is 93.8 Å². The first-order valence-corrected chi connectivity index (χ1v) is 10.7. The number of amides is 1. The van der Waals surface area contributed by atoms with Crippen molar-refractivity contribution in [1.29, 1.82) is 5.26 Å². The van der Waals surface area contributed by atoms with Crippen molar-refractivity contribution in [2.45, 2.75) is 31.9 Å². The summed E-state index contributed by atoms with van der Waals surface area (Å²) in [6.07, 6.45) is 0.0530. The van der Waals surface area contributed by atoms with Crippen LogP contribution in [0, 0.1) is 18.3 Å². The number of ether oxygens (including phenoxy) is 1. The molecule has 1 fully saturated rings. The first-order valence-electron chi connectivity index (χ1n) is 9.74. The summed E-state index contributed by atoms with van der Waals surface area (Å²) in [5.74, 6) is -0.106. The molecule has 1 amide bonds. The molecule has 2 atom stereocenters. The van der Waals surface area contributed by atoms with Crippen molar-refractivity contribution in [2.24, 2.45) is 0 Å².